The quantitative estimate of drug-likeness (QED) is 0.807. The molecule has 2 rings (SSSR count). The van der Waals surface area contributed by atoms with E-state index in [2.05, 4.69) is 0 Å². The summed E-state index contributed by atoms with van der Waals surface area (Å²) in [5, 5.41) is 8.73. The van der Waals surface area contributed by atoms with E-state index in [0.717, 1.165) is 19.4 Å². The van der Waals surface area contributed by atoms with Gasteiger partial charge in [-0.3, -0.25) is 0 Å². The lowest BCUT2D eigenvalue weighted by Crippen LogP contribution is -2.47. The molecule has 1 unspecified atom stereocenters. The maximum absolute atomic E-state index is 13.9. The molecule has 0 spiro atoms. The maximum atomic E-state index is 13.9. The van der Waals surface area contributed by atoms with Gasteiger partial charge in [0.2, 0.25) is 0 Å². The van der Waals surface area contributed by atoms with Crippen LogP contribution in [0.15, 0.2) is 18.2 Å². The molecule has 1 fully saturated rings. The number of ether oxygens (including phenoxy) is 1. The Morgan fingerprint density at radius 1 is 1.50 bits per heavy atom. The molecule has 0 radical (unpaired) electrons. The highest BCUT2D eigenvalue weighted by molar-refractivity contribution is 5.51. The van der Waals surface area contributed by atoms with Crippen molar-refractivity contribution < 1.29 is 9.13 Å². The summed E-state index contributed by atoms with van der Waals surface area (Å²) in [5.41, 5.74) is 0.679. The highest BCUT2D eigenvalue weighted by Gasteiger charge is 2.31. The summed E-state index contributed by atoms with van der Waals surface area (Å²) in [6.45, 7) is 3.54. The summed E-state index contributed by atoms with van der Waals surface area (Å²) < 4.78 is 19.4. The molecule has 1 heterocycles. The van der Waals surface area contributed by atoms with Gasteiger partial charge >= 0.3 is 0 Å². The van der Waals surface area contributed by atoms with Crippen molar-refractivity contribution in [3.8, 4) is 6.07 Å². The van der Waals surface area contributed by atoms with E-state index in [1.54, 1.807) is 19.2 Å². The van der Waals surface area contributed by atoms with E-state index >= 15 is 0 Å². The minimum atomic E-state index is -0.339. The molecule has 0 amide bonds. The lowest BCUT2D eigenvalue weighted by atomic mass is 9.94. The number of piperidine rings is 1. The molecule has 1 aromatic rings. The lowest BCUT2D eigenvalue weighted by Gasteiger charge is -2.40. The molecule has 1 saturated heterocycles. The number of hydrogen-bond donors (Lipinski definition) is 0. The third kappa shape index (κ3) is 2.46. The molecule has 1 aliphatic rings. The number of nitriles is 1. The first-order chi connectivity index (χ1) is 8.58. The molecule has 0 aromatic heterocycles. The van der Waals surface area contributed by atoms with Crippen LogP contribution < -0.4 is 4.90 Å². The summed E-state index contributed by atoms with van der Waals surface area (Å²) in [7, 11) is 1.69. The van der Waals surface area contributed by atoms with Gasteiger partial charge in [-0.2, -0.15) is 5.26 Å². The molecule has 4 heteroatoms. The first-order valence-corrected chi connectivity index (χ1v) is 6.08. The normalized spacial score (nSPS) is 23.8. The highest BCUT2D eigenvalue weighted by Crippen LogP contribution is 2.29. The van der Waals surface area contributed by atoms with E-state index in [0.29, 0.717) is 17.8 Å². The van der Waals surface area contributed by atoms with Crippen LogP contribution in [0, 0.1) is 17.1 Å². The molecule has 0 N–H and O–H groups in total. The average molecular weight is 248 g/mol. The first-order valence-electron chi connectivity index (χ1n) is 6.08. The molecule has 0 saturated carbocycles. The summed E-state index contributed by atoms with van der Waals surface area (Å²) in [5.74, 6) is -0.339. The van der Waals surface area contributed by atoms with Gasteiger partial charge in [-0.05, 0) is 38.0 Å². The van der Waals surface area contributed by atoms with Crippen molar-refractivity contribution >= 4 is 5.69 Å². The molecular weight excluding hydrogens is 231 g/mol. The highest BCUT2D eigenvalue weighted by atomic mass is 19.1. The number of hydrogen-bond acceptors (Lipinski definition) is 3. The van der Waals surface area contributed by atoms with Crippen LogP contribution in [0.3, 0.4) is 0 Å². The van der Waals surface area contributed by atoms with Crippen LogP contribution >= 0.6 is 0 Å². The van der Waals surface area contributed by atoms with Gasteiger partial charge in [0.05, 0.1) is 22.9 Å². The van der Waals surface area contributed by atoms with Crippen LogP contribution in [-0.4, -0.2) is 25.8 Å². The Labute approximate surface area is 107 Å². The second-order valence-electron chi connectivity index (χ2n) is 4.96. The van der Waals surface area contributed by atoms with Crippen LogP contribution in [0.1, 0.15) is 25.3 Å². The van der Waals surface area contributed by atoms with Gasteiger partial charge in [0.15, 0.2) is 0 Å². The van der Waals surface area contributed by atoms with Crippen molar-refractivity contribution in [1.82, 2.24) is 0 Å². The van der Waals surface area contributed by atoms with Crippen LogP contribution in [0.25, 0.3) is 0 Å². The van der Waals surface area contributed by atoms with Gasteiger partial charge in [-0.1, -0.05) is 0 Å². The standard InChI is InChI=1S/C14H17FN2O/c1-14(18-2)6-3-7-17(10-14)13-5-4-11(9-16)8-12(13)15/h4-5,8H,3,6-7,10H2,1-2H3. The smallest absolute Gasteiger partial charge is 0.147 e. The zero-order valence-electron chi connectivity index (χ0n) is 10.7. The number of methoxy groups -OCH3 is 1. The number of halogens is 1. The molecule has 1 aromatic carbocycles. The lowest BCUT2D eigenvalue weighted by molar-refractivity contribution is -0.00476. The Bertz CT molecular complexity index is 483. The van der Waals surface area contributed by atoms with Crippen molar-refractivity contribution in [2.75, 3.05) is 25.1 Å². The first kappa shape index (κ1) is 12.8. The largest absolute Gasteiger partial charge is 0.377 e. The molecule has 0 aliphatic carbocycles. The number of anilines is 1. The number of benzene rings is 1. The monoisotopic (exact) mass is 248 g/mol. The van der Waals surface area contributed by atoms with Crippen LogP contribution in [0.4, 0.5) is 10.1 Å². The molecule has 0 bridgehead atoms. The van der Waals surface area contributed by atoms with Gasteiger partial charge in [-0.25, -0.2) is 4.39 Å². The third-order valence-corrected chi connectivity index (χ3v) is 3.57. The van der Waals surface area contributed by atoms with E-state index in [1.165, 1.54) is 6.07 Å². The van der Waals surface area contributed by atoms with E-state index in [4.69, 9.17) is 10.00 Å². The van der Waals surface area contributed by atoms with Crippen LogP contribution in [0.2, 0.25) is 0 Å². The molecule has 1 atom stereocenters. The second-order valence-corrected chi connectivity index (χ2v) is 4.96. The third-order valence-electron chi connectivity index (χ3n) is 3.57. The van der Waals surface area contributed by atoms with Crippen molar-refractivity contribution in [2.24, 2.45) is 0 Å². The van der Waals surface area contributed by atoms with Crippen LogP contribution in [-0.2, 0) is 4.74 Å². The topological polar surface area (TPSA) is 36.3 Å². The Morgan fingerprint density at radius 3 is 2.89 bits per heavy atom. The molecule has 18 heavy (non-hydrogen) atoms. The van der Waals surface area contributed by atoms with E-state index in [-0.39, 0.29) is 11.4 Å². The van der Waals surface area contributed by atoms with Gasteiger partial charge in [-0.15, -0.1) is 0 Å². The molecular formula is C14H17FN2O. The van der Waals surface area contributed by atoms with Gasteiger partial charge in [0.1, 0.15) is 5.82 Å². The molecule has 96 valence electrons. The Kier molecular flexibility index (Phi) is 3.53. The second kappa shape index (κ2) is 4.95. The zero-order chi connectivity index (χ0) is 13.2. The Hall–Kier alpha value is -1.60. The molecule has 1 aliphatic heterocycles. The fourth-order valence-electron chi connectivity index (χ4n) is 2.41. The van der Waals surface area contributed by atoms with E-state index in [9.17, 15) is 4.39 Å². The Balaban J connectivity index is 2.24. The fourth-order valence-corrected chi connectivity index (χ4v) is 2.41. The van der Waals surface area contributed by atoms with Crippen molar-refractivity contribution in [3.05, 3.63) is 29.6 Å². The predicted molar refractivity (Wildman–Crippen MR) is 68.0 cm³/mol. The van der Waals surface area contributed by atoms with Crippen LogP contribution in [0.5, 0.6) is 0 Å². The summed E-state index contributed by atoms with van der Waals surface area (Å²) in [6.07, 6.45) is 1.96. The summed E-state index contributed by atoms with van der Waals surface area (Å²) in [6, 6.07) is 6.55. The van der Waals surface area contributed by atoms with E-state index in [1.807, 2.05) is 17.9 Å². The van der Waals surface area contributed by atoms with Gasteiger partial charge in [0.25, 0.3) is 0 Å². The number of nitrogens with zero attached hydrogens (tertiary/aromatic N) is 2. The fraction of sp³-hybridized carbons (Fsp3) is 0.500. The maximum Gasteiger partial charge on any atom is 0.147 e. The predicted octanol–water partition coefficient (Wildman–Crippen LogP) is 2.70. The summed E-state index contributed by atoms with van der Waals surface area (Å²) >= 11 is 0. The Morgan fingerprint density at radius 2 is 2.28 bits per heavy atom. The average Bonchev–Trinajstić information content (AvgIpc) is 2.38. The van der Waals surface area contributed by atoms with Crippen molar-refractivity contribution in [3.63, 3.8) is 0 Å². The zero-order valence-corrected chi connectivity index (χ0v) is 10.7. The molecule has 3 nitrogen and oxygen atoms in total. The number of rotatable bonds is 2. The van der Waals surface area contributed by atoms with Crippen molar-refractivity contribution in [1.29, 1.82) is 5.26 Å². The minimum absolute atomic E-state index is 0.224. The van der Waals surface area contributed by atoms with Gasteiger partial charge < -0.3 is 9.64 Å². The SMILES string of the molecule is COC1(C)CCCN(c2ccc(C#N)cc2F)C1. The minimum Gasteiger partial charge on any atom is -0.377 e. The van der Waals surface area contributed by atoms with Crippen molar-refractivity contribution in [2.45, 2.75) is 25.4 Å². The van der Waals surface area contributed by atoms with Gasteiger partial charge in [0, 0.05) is 20.2 Å². The van der Waals surface area contributed by atoms with E-state index < -0.39 is 0 Å². The summed E-state index contributed by atoms with van der Waals surface area (Å²) in [4.78, 5) is 1.99.